The number of amides is 1. The quantitative estimate of drug-likeness (QED) is 0.287. The van der Waals surface area contributed by atoms with Crippen LogP contribution in [0.25, 0.3) is 10.8 Å². The van der Waals surface area contributed by atoms with E-state index in [0.717, 1.165) is 54.4 Å². The number of rotatable bonds is 6. The van der Waals surface area contributed by atoms with Crippen molar-refractivity contribution in [3.63, 3.8) is 0 Å². The van der Waals surface area contributed by atoms with Gasteiger partial charge < -0.3 is 15.3 Å². The molecule has 1 amide bonds. The number of halogens is 4. The molecule has 0 radical (unpaired) electrons. The second-order valence-electron chi connectivity index (χ2n) is 10.9. The summed E-state index contributed by atoms with van der Waals surface area (Å²) >= 11 is 0. The first-order chi connectivity index (χ1) is 19.4. The Balaban J connectivity index is 0.000000493. The number of piperidine rings is 1. The van der Waals surface area contributed by atoms with Crippen LogP contribution in [0.15, 0.2) is 66.7 Å². The maximum Gasteiger partial charge on any atom is 0.490 e. The average molecular weight is 573 g/mol. The first kappa shape index (κ1) is 30.2. The minimum Gasteiger partial charge on any atom is -0.475 e. The molecule has 3 aromatic carbocycles. The molecule has 2 fully saturated rings. The Kier molecular flexibility index (Phi) is 9.11. The molecule has 2 atom stereocenters. The van der Waals surface area contributed by atoms with Crippen molar-refractivity contribution in [2.24, 2.45) is 11.3 Å². The zero-order valence-corrected chi connectivity index (χ0v) is 22.6. The van der Waals surface area contributed by atoms with Crippen LogP contribution in [-0.4, -0.2) is 60.0 Å². The third kappa shape index (κ3) is 7.11. The summed E-state index contributed by atoms with van der Waals surface area (Å²) in [6.45, 7) is 5.26. The first-order valence-corrected chi connectivity index (χ1v) is 13.5. The summed E-state index contributed by atoms with van der Waals surface area (Å²) < 4.78 is 45.1. The molecule has 2 heterocycles. The van der Waals surface area contributed by atoms with Gasteiger partial charge >= 0.3 is 12.1 Å². The van der Waals surface area contributed by atoms with E-state index in [1.54, 1.807) is 0 Å². The number of nitrogens with zero attached hydrogens (tertiary/aromatic N) is 1. The lowest BCUT2D eigenvalue weighted by Crippen LogP contribution is -2.47. The number of hydrogen-bond donors (Lipinski definition) is 2. The van der Waals surface area contributed by atoms with Crippen molar-refractivity contribution in [2.45, 2.75) is 38.3 Å². The second kappa shape index (κ2) is 12.4. The molecule has 0 aliphatic carbocycles. The number of fused-ring (bicyclic) bond motifs is 1. The Morgan fingerprint density at radius 1 is 1.02 bits per heavy atom. The van der Waals surface area contributed by atoms with Gasteiger partial charge in [0, 0.05) is 31.0 Å². The maximum absolute atomic E-state index is 13.4. The number of carboxylic acids is 1. The summed E-state index contributed by atoms with van der Waals surface area (Å²) in [6, 6.07) is 20.6. The number of Topliss-reactive ketones (excluding diaryl/α,β-unsaturated/α-hetero) is 1. The summed E-state index contributed by atoms with van der Waals surface area (Å²) in [5.41, 5.74) is 1.38. The molecule has 0 bridgehead atoms. The van der Waals surface area contributed by atoms with Gasteiger partial charge in [-0.2, -0.15) is 13.2 Å². The SMILES string of the molecule is C[C@H](CC(=O)c1ccc2ccccc2c1)CN1CCC2(CC1)C(=O)NCC2c1ccc(F)cc1.O=C(O)C(F)(F)F. The predicted octanol–water partition coefficient (Wildman–Crippen LogP) is 5.82. The largest absolute Gasteiger partial charge is 0.490 e. The van der Waals surface area contributed by atoms with Crippen LogP contribution in [0.1, 0.15) is 48.0 Å². The number of carboxylic acid groups (broad SMARTS) is 1. The van der Waals surface area contributed by atoms with E-state index < -0.39 is 17.6 Å². The van der Waals surface area contributed by atoms with Gasteiger partial charge in [-0.3, -0.25) is 9.59 Å². The molecule has 0 aromatic heterocycles. The number of likely N-dealkylation sites (tertiary alicyclic amines) is 1. The van der Waals surface area contributed by atoms with Crippen LogP contribution in [-0.2, 0) is 9.59 Å². The first-order valence-electron chi connectivity index (χ1n) is 13.5. The molecule has 5 rings (SSSR count). The standard InChI is InChI=1S/C29H31FN2O2.C2HF3O2/c1-20(16-27(33)24-7-6-21-4-2-3-5-23(21)17-24)19-32-14-12-29(13-15-32)26(18-31-28(29)34)22-8-10-25(30)11-9-22;3-2(4,5)1(6)7/h2-11,17,20,26H,12-16,18-19H2,1H3,(H,31,34);(H,6,7)/t20-,26?;/m1./s1. The topological polar surface area (TPSA) is 86.7 Å². The molecule has 2 aliphatic heterocycles. The summed E-state index contributed by atoms with van der Waals surface area (Å²) in [7, 11) is 0. The highest BCUT2D eigenvalue weighted by atomic mass is 19.4. The molecule has 2 saturated heterocycles. The van der Waals surface area contributed by atoms with Gasteiger partial charge in [0.15, 0.2) is 5.78 Å². The molecule has 2 N–H and O–H groups in total. The average Bonchev–Trinajstić information content (AvgIpc) is 3.25. The minimum atomic E-state index is -5.08. The number of hydrogen-bond acceptors (Lipinski definition) is 4. The Morgan fingerprint density at radius 2 is 1.63 bits per heavy atom. The third-order valence-corrected chi connectivity index (χ3v) is 8.02. The Hall–Kier alpha value is -3.79. The number of aliphatic carboxylic acids is 1. The summed E-state index contributed by atoms with van der Waals surface area (Å²) in [4.78, 5) is 37.1. The number of alkyl halides is 3. The highest BCUT2D eigenvalue weighted by Crippen LogP contribution is 2.47. The number of carbonyl (C=O) groups excluding carboxylic acids is 2. The summed E-state index contributed by atoms with van der Waals surface area (Å²) in [5, 5.41) is 12.4. The Labute approximate surface area is 235 Å². The molecular weight excluding hydrogens is 540 g/mol. The molecule has 41 heavy (non-hydrogen) atoms. The Morgan fingerprint density at radius 3 is 2.24 bits per heavy atom. The van der Waals surface area contributed by atoms with Crippen molar-refractivity contribution >= 4 is 28.4 Å². The van der Waals surface area contributed by atoms with Crippen molar-refractivity contribution < 1.29 is 37.1 Å². The van der Waals surface area contributed by atoms with E-state index in [9.17, 15) is 27.2 Å². The van der Waals surface area contributed by atoms with Gasteiger partial charge in [0.05, 0.1) is 5.41 Å². The van der Waals surface area contributed by atoms with Crippen molar-refractivity contribution in [3.8, 4) is 0 Å². The molecule has 1 spiro atoms. The molecule has 6 nitrogen and oxygen atoms in total. The fraction of sp³-hybridized carbons (Fsp3) is 0.387. The predicted molar refractivity (Wildman–Crippen MR) is 146 cm³/mol. The van der Waals surface area contributed by atoms with Gasteiger partial charge in [-0.25, -0.2) is 9.18 Å². The van der Waals surface area contributed by atoms with Gasteiger partial charge in [0.1, 0.15) is 5.82 Å². The molecule has 1 unspecified atom stereocenters. The van der Waals surface area contributed by atoms with Crippen LogP contribution in [0, 0.1) is 17.2 Å². The monoisotopic (exact) mass is 572 g/mol. The van der Waals surface area contributed by atoms with Crippen LogP contribution in [0.5, 0.6) is 0 Å². The fourth-order valence-electron chi connectivity index (χ4n) is 5.87. The third-order valence-electron chi connectivity index (χ3n) is 8.02. The highest BCUT2D eigenvalue weighted by Gasteiger charge is 2.51. The second-order valence-corrected chi connectivity index (χ2v) is 10.9. The van der Waals surface area contributed by atoms with Gasteiger partial charge in [0.2, 0.25) is 5.91 Å². The molecule has 218 valence electrons. The van der Waals surface area contributed by atoms with Crippen molar-refractivity contribution in [1.82, 2.24) is 10.2 Å². The zero-order chi connectivity index (χ0) is 29.8. The number of carbonyl (C=O) groups is 3. The van der Waals surface area contributed by atoms with Crippen LogP contribution in [0.2, 0.25) is 0 Å². The maximum atomic E-state index is 13.4. The van der Waals surface area contributed by atoms with Crippen LogP contribution >= 0.6 is 0 Å². The lowest BCUT2D eigenvalue weighted by atomic mass is 9.68. The summed E-state index contributed by atoms with van der Waals surface area (Å²) in [6.07, 6.45) is -3.00. The van der Waals surface area contributed by atoms with E-state index >= 15 is 0 Å². The number of ketones is 1. The van der Waals surface area contributed by atoms with Crippen molar-refractivity contribution in [3.05, 3.63) is 83.7 Å². The van der Waals surface area contributed by atoms with Crippen LogP contribution in [0.3, 0.4) is 0 Å². The van der Waals surface area contributed by atoms with Gasteiger partial charge in [0.25, 0.3) is 0 Å². The van der Waals surface area contributed by atoms with E-state index in [-0.39, 0.29) is 29.3 Å². The van der Waals surface area contributed by atoms with E-state index in [1.807, 2.05) is 48.5 Å². The summed E-state index contributed by atoms with van der Waals surface area (Å²) in [5.74, 6) is -2.39. The lowest BCUT2D eigenvalue weighted by molar-refractivity contribution is -0.192. The van der Waals surface area contributed by atoms with E-state index in [0.29, 0.717) is 13.0 Å². The Bertz CT molecular complexity index is 1400. The number of benzene rings is 3. The molecule has 2 aliphatic rings. The van der Waals surface area contributed by atoms with Crippen LogP contribution < -0.4 is 5.32 Å². The smallest absolute Gasteiger partial charge is 0.475 e. The highest BCUT2D eigenvalue weighted by molar-refractivity contribution is 6.00. The minimum absolute atomic E-state index is 0.0784. The zero-order valence-electron chi connectivity index (χ0n) is 22.6. The van der Waals surface area contributed by atoms with E-state index in [2.05, 4.69) is 23.2 Å². The molecule has 10 heteroatoms. The van der Waals surface area contributed by atoms with Crippen molar-refractivity contribution in [2.75, 3.05) is 26.2 Å². The van der Waals surface area contributed by atoms with E-state index in [4.69, 9.17) is 9.90 Å². The molecule has 3 aromatic rings. The van der Waals surface area contributed by atoms with Gasteiger partial charge in [-0.1, -0.05) is 55.5 Å². The normalized spacial score (nSPS) is 19.3. The molecular formula is C31H32F4N2O4. The van der Waals surface area contributed by atoms with Crippen LogP contribution in [0.4, 0.5) is 17.6 Å². The lowest BCUT2D eigenvalue weighted by Gasteiger charge is -2.41. The van der Waals surface area contributed by atoms with Crippen molar-refractivity contribution in [1.29, 1.82) is 0 Å². The fourth-order valence-corrected chi connectivity index (χ4v) is 5.87. The van der Waals surface area contributed by atoms with Gasteiger partial charge in [-0.05, 0) is 66.4 Å². The molecule has 0 saturated carbocycles. The van der Waals surface area contributed by atoms with E-state index in [1.165, 1.54) is 12.1 Å². The number of nitrogens with one attached hydrogen (secondary N) is 1. The van der Waals surface area contributed by atoms with Gasteiger partial charge in [-0.15, -0.1) is 0 Å².